The topological polar surface area (TPSA) is 16.1 Å². The Bertz CT molecular complexity index is 354. The minimum Gasteiger partial charge on any atom is -0.348 e. The van der Waals surface area contributed by atoms with Crippen LogP contribution < -0.4 is 4.90 Å². The fourth-order valence-corrected chi connectivity index (χ4v) is 2.44. The van der Waals surface area contributed by atoms with Gasteiger partial charge < -0.3 is 4.90 Å². The number of halogens is 2. The highest BCUT2D eigenvalue weighted by Gasteiger charge is 2.08. The van der Waals surface area contributed by atoms with Gasteiger partial charge in [-0.05, 0) is 37.9 Å². The first kappa shape index (κ1) is 12.5. The van der Waals surface area contributed by atoms with E-state index in [1.807, 2.05) is 18.2 Å². The zero-order valence-electron chi connectivity index (χ0n) is 8.29. The molecule has 0 atom stereocenters. The van der Waals surface area contributed by atoms with Gasteiger partial charge in [0.05, 0.1) is 4.47 Å². The predicted molar refractivity (Wildman–Crippen MR) is 72.2 cm³/mol. The lowest BCUT2D eigenvalue weighted by atomic mass is 10.4. The Kier molecular flexibility index (Phi) is 5.05. The van der Waals surface area contributed by atoms with Crippen molar-refractivity contribution in [3.8, 4) is 0 Å². The summed E-state index contributed by atoms with van der Waals surface area (Å²) in [6.45, 7) is 8.95. The monoisotopic (exact) mass is 330 g/mol. The highest BCUT2D eigenvalue weighted by molar-refractivity contribution is 9.11. The van der Waals surface area contributed by atoms with Crippen LogP contribution in [0, 0.1) is 0 Å². The van der Waals surface area contributed by atoms with Crippen LogP contribution in [0.25, 0.3) is 0 Å². The summed E-state index contributed by atoms with van der Waals surface area (Å²) < 4.78 is 1.91. The summed E-state index contributed by atoms with van der Waals surface area (Å²) in [5, 5.41) is 0. The average Bonchev–Trinajstić information content (AvgIpc) is 2.17. The normalized spacial score (nSPS) is 9.73. The number of anilines is 1. The van der Waals surface area contributed by atoms with E-state index in [9.17, 15) is 0 Å². The van der Waals surface area contributed by atoms with Crippen molar-refractivity contribution in [2.24, 2.45) is 0 Å². The smallest absolute Gasteiger partial charge is 0.143 e. The van der Waals surface area contributed by atoms with Crippen LogP contribution in [0.4, 0.5) is 5.82 Å². The van der Waals surface area contributed by atoms with Crippen molar-refractivity contribution in [3.05, 3.63) is 46.5 Å². The number of rotatable bonds is 5. The zero-order valence-corrected chi connectivity index (χ0v) is 11.5. The molecule has 1 aromatic heterocycles. The molecule has 0 amide bonds. The largest absolute Gasteiger partial charge is 0.348 e. The third-order valence-electron chi connectivity index (χ3n) is 1.79. The van der Waals surface area contributed by atoms with Crippen LogP contribution in [0.3, 0.4) is 0 Å². The third kappa shape index (κ3) is 3.47. The molecule has 0 aliphatic carbocycles. The molecule has 0 fully saturated rings. The molecule has 0 aromatic carbocycles. The Balaban J connectivity index is 2.98. The fourth-order valence-electron chi connectivity index (χ4n) is 1.20. The second-order valence-corrected chi connectivity index (χ2v) is 4.71. The molecule has 0 N–H and O–H groups in total. The second kappa shape index (κ2) is 6.08. The van der Waals surface area contributed by atoms with E-state index in [-0.39, 0.29) is 0 Å². The minimum absolute atomic E-state index is 0.749. The zero-order chi connectivity index (χ0) is 11.3. The lowest BCUT2D eigenvalue weighted by Gasteiger charge is -2.21. The molecule has 15 heavy (non-hydrogen) atoms. The van der Waals surface area contributed by atoms with Crippen LogP contribution in [0.15, 0.2) is 46.5 Å². The molecule has 0 unspecified atom stereocenters. The molecule has 0 aliphatic rings. The van der Waals surface area contributed by atoms with Gasteiger partial charge in [0.1, 0.15) is 5.82 Å². The van der Waals surface area contributed by atoms with E-state index in [1.165, 1.54) is 0 Å². The van der Waals surface area contributed by atoms with Gasteiger partial charge in [0.25, 0.3) is 0 Å². The van der Waals surface area contributed by atoms with E-state index < -0.39 is 0 Å². The SMILES string of the molecule is C=CCN(CC=C)c1ncc(Br)cc1Br. The molecule has 80 valence electrons. The van der Waals surface area contributed by atoms with Gasteiger partial charge in [0.2, 0.25) is 0 Å². The van der Waals surface area contributed by atoms with Crippen LogP contribution in [0.5, 0.6) is 0 Å². The molecule has 0 aliphatic heterocycles. The standard InChI is InChI=1S/C11H12Br2N2/c1-3-5-15(6-4-2)11-10(13)7-9(12)8-14-11/h3-4,7-8H,1-2,5-6H2. The van der Waals surface area contributed by atoms with E-state index in [2.05, 4.69) is 54.9 Å². The Labute approximate surface area is 107 Å². The lowest BCUT2D eigenvalue weighted by molar-refractivity contribution is 0.921. The summed E-state index contributed by atoms with van der Waals surface area (Å²) in [5.74, 6) is 0.901. The molecule has 0 saturated carbocycles. The molecule has 1 heterocycles. The van der Waals surface area contributed by atoms with Gasteiger partial charge >= 0.3 is 0 Å². The Morgan fingerprint density at radius 3 is 2.33 bits per heavy atom. The van der Waals surface area contributed by atoms with Gasteiger partial charge in [0.15, 0.2) is 0 Å². The lowest BCUT2D eigenvalue weighted by Crippen LogP contribution is -2.24. The average molecular weight is 332 g/mol. The molecule has 0 saturated heterocycles. The van der Waals surface area contributed by atoms with Gasteiger partial charge in [-0.1, -0.05) is 12.2 Å². The van der Waals surface area contributed by atoms with Crippen molar-refractivity contribution in [1.82, 2.24) is 4.98 Å². The molecule has 0 bridgehead atoms. The van der Waals surface area contributed by atoms with E-state index in [0.717, 1.165) is 27.9 Å². The Morgan fingerprint density at radius 2 is 1.87 bits per heavy atom. The van der Waals surface area contributed by atoms with E-state index in [1.54, 1.807) is 6.20 Å². The maximum atomic E-state index is 4.35. The van der Waals surface area contributed by atoms with Crippen LogP contribution in [-0.2, 0) is 0 Å². The van der Waals surface area contributed by atoms with Crippen molar-refractivity contribution < 1.29 is 0 Å². The first-order valence-corrected chi connectivity index (χ1v) is 6.05. The highest BCUT2D eigenvalue weighted by atomic mass is 79.9. The number of hydrogen-bond acceptors (Lipinski definition) is 2. The fraction of sp³-hybridized carbons (Fsp3) is 0.182. The van der Waals surface area contributed by atoms with Gasteiger partial charge in [-0.3, -0.25) is 0 Å². The van der Waals surface area contributed by atoms with Crippen molar-refractivity contribution in [1.29, 1.82) is 0 Å². The molecular weight excluding hydrogens is 320 g/mol. The Morgan fingerprint density at radius 1 is 1.27 bits per heavy atom. The summed E-state index contributed by atoms with van der Waals surface area (Å²) in [6, 6.07) is 1.97. The highest BCUT2D eigenvalue weighted by Crippen LogP contribution is 2.26. The van der Waals surface area contributed by atoms with Crippen molar-refractivity contribution in [3.63, 3.8) is 0 Å². The number of aromatic nitrogens is 1. The summed E-state index contributed by atoms with van der Waals surface area (Å²) in [6.07, 6.45) is 5.47. The maximum absolute atomic E-state index is 4.35. The van der Waals surface area contributed by atoms with Crippen LogP contribution in [0.2, 0.25) is 0 Å². The van der Waals surface area contributed by atoms with Crippen molar-refractivity contribution >= 4 is 37.7 Å². The Hall–Kier alpha value is -0.610. The van der Waals surface area contributed by atoms with E-state index >= 15 is 0 Å². The molecular formula is C11H12Br2N2. The van der Waals surface area contributed by atoms with Crippen molar-refractivity contribution in [2.75, 3.05) is 18.0 Å². The van der Waals surface area contributed by atoms with Crippen LogP contribution >= 0.6 is 31.9 Å². The van der Waals surface area contributed by atoms with Crippen LogP contribution in [0.1, 0.15) is 0 Å². The molecule has 4 heteroatoms. The van der Waals surface area contributed by atoms with Crippen LogP contribution in [-0.4, -0.2) is 18.1 Å². The van der Waals surface area contributed by atoms with E-state index in [4.69, 9.17) is 0 Å². The van der Waals surface area contributed by atoms with E-state index in [0.29, 0.717) is 0 Å². The minimum atomic E-state index is 0.749. The molecule has 0 spiro atoms. The summed E-state index contributed by atoms with van der Waals surface area (Å²) in [7, 11) is 0. The number of nitrogens with zero attached hydrogens (tertiary/aromatic N) is 2. The summed E-state index contributed by atoms with van der Waals surface area (Å²) >= 11 is 6.86. The molecule has 1 rings (SSSR count). The molecule has 0 radical (unpaired) electrons. The van der Waals surface area contributed by atoms with Gasteiger partial charge in [-0.25, -0.2) is 4.98 Å². The quantitative estimate of drug-likeness (QED) is 0.763. The maximum Gasteiger partial charge on any atom is 0.143 e. The van der Waals surface area contributed by atoms with Crippen molar-refractivity contribution in [2.45, 2.75) is 0 Å². The summed E-state index contributed by atoms with van der Waals surface area (Å²) in [5.41, 5.74) is 0. The first-order valence-electron chi connectivity index (χ1n) is 4.46. The molecule has 1 aromatic rings. The predicted octanol–water partition coefficient (Wildman–Crippen LogP) is 3.79. The van der Waals surface area contributed by atoms with Gasteiger partial charge in [-0.15, -0.1) is 13.2 Å². The summed E-state index contributed by atoms with van der Waals surface area (Å²) in [4.78, 5) is 6.43. The number of hydrogen-bond donors (Lipinski definition) is 0. The molecule has 2 nitrogen and oxygen atoms in total. The second-order valence-electron chi connectivity index (χ2n) is 2.94. The van der Waals surface area contributed by atoms with Gasteiger partial charge in [0, 0.05) is 23.8 Å². The third-order valence-corrected chi connectivity index (χ3v) is 2.80. The van der Waals surface area contributed by atoms with Gasteiger partial charge in [-0.2, -0.15) is 0 Å². The first-order chi connectivity index (χ1) is 7.19. The number of pyridine rings is 1.